The second-order valence-electron chi connectivity index (χ2n) is 3.62. The van der Waals surface area contributed by atoms with Gasteiger partial charge in [-0.15, -0.1) is 0 Å². The van der Waals surface area contributed by atoms with E-state index in [-0.39, 0.29) is 13.2 Å². The summed E-state index contributed by atoms with van der Waals surface area (Å²) in [6.07, 6.45) is 0. The molecule has 19 heavy (non-hydrogen) atoms. The Balaban J connectivity index is 2.83. The highest BCUT2D eigenvalue weighted by molar-refractivity contribution is 6.31. The molecule has 0 saturated heterocycles. The number of rotatable bonds is 7. The summed E-state index contributed by atoms with van der Waals surface area (Å²) in [6.45, 7) is 2.63. The highest BCUT2D eigenvalue weighted by Crippen LogP contribution is 2.23. The van der Waals surface area contributed by atoms with Gasteiger partial charge in [-0.2, -0.15) is 0 Å². The molecule has 7 heteroatoms. The van der Waals surface area contributed by atoms with Crippen LogP contribution < -0.4 is 5.32 Å². The lowest BCUT2D eigenvalue weighted by atomic mass is 10.1. The highest BCUT2D eigenvalue weighted by atomic mass is 35.5. The summed E-state index contributed by atoms with van der Waals surface area (Å²) >= 11 is 6.07. The minimum Gasteiger partial charge on any atom is -0.465 e. The van der Waals surface area contributed by atoms with Crippen molar-refractivity contribution in [2.24, 2.45) is 5.11 Å². The SMILES string of the molecule is CCOC(=O)C(NCCN=[N+]=[N-])c1ccccc1Cl. The Morgan fingerprint density at radius 2 is 2.32 bits per heavy atom. The van der Waals surface area contributed by atoms with Crippen LogP contribution in [-0.2, 0) is 9.53 Å². The van der Waals surface area contributed by atoms with Gasteiger partial charge in [0, 0.05) is 23.0 Å². The summed E-state index contributed by atoms with van der Waals surface area (Å²) in [5.74, 6) is -0.406. The second-order valence-corrected chi connectivity index (χ2v) is 4.02. The standard InChI is InChI=1S/C12H15ClN4O2/c1-2-19-12(18)11(15-7-8-16-17-14)9-5-3-4-6-10(9)13/h3-6,11,15H,2,7-8H2,1H3. The molecule has 0 aliphatic carbocycles. The Kier molecular flexibility index (Phi) is 6.74. The van der Waals surface area contributed by atoms with E-state index in [1.165, 1.54) is 0 Å². The molecule has 0 aromatic heterocycles. The summed E-state index contributed by atoms with van der Waals surface area (Å²) < 4.78 is 5.01. The van der Waals surface area contributed by atoms with E-state index in [1.807, 2.05) is 0 Å². The molecule has 0 saturated carbocycles. The van der Waals surface area contributed by atoms with E-state index in [0.717, 1.165) is 0 Å². The van der Waals surface area contributed by atoms with Crippen molar-refractivity contribution in [2.45, 2.75) is 13.0 Å². The van der Waals surface area contributed by atoms with Crippen LogP contribution in [0.2, 0.25) is 5.02 Å². The maximum Gasteiger partial charge on any atom is 0.327 e. The second kappa shape index (κ2) is 8.37. The van der Waals surface area contributed by atoms with Crippen molar-refractivity contribution in [1.82, 2.24) is 5.32 Å². The van der Waals surface area contributed by atoms with Gasteiger partial charge in [0.25, 0.3) is 0 Å². The number of ether oxygens (including phenoxy) is 1. The van der Waals surface area contributed by atoms with Crippen molar-refractivity contribution in [1.29, 1.82) is 0 Å². The van der Waals surface area contributed by atoms with Gasteiger partial charge in [-0.3, -0.25) is 0 Å². The number of carbonyl (C=O) groups is 1. The number of nitrogens with one attached hydrogen (secondary N) is 1. The van der Waals surface area contributed by atoms with E-state index in [2.05, 4.69) is 15.3 Å². The Hall–Kier alpha value is -1.75. The number of azide groups is 1. The van der Waals surface area contributed by atoms with E-state index < -0.39 is 12.0 Å². The van der Waals surface area contributed by atoms with Gasteiger partial charge in [0.2, 0.25) is 0 Å². The molecule has 0 aliphatic rings. The zero-order valence-corrected chi connectivity index (χ0v) is 11.3. The number of carbonyl (C=O) groups excluding carboxylic acids is 1. The van der Waals surface area contributed by atoms with Crippen molar-refractivity contribution in [3.63, 3.8) is 0 Å². The zero-order chi connectivity index (χ0) is 14.1. The topological polar surface area (TPSA) is 87.1 Å². The van der Waals surface area contributed by atoms with Crippen LogP contribution in [0.5, 0.6) is 0 Å². The van der Waals surface area contributed by atoms with Crippen molar-refractivity contribution in [2.75, 3.05) is 19.7 Å². The first kappa shape index (κ1) is 15.3. The Bertz CT molecular complexity index is 475. The van der Waals surface area contributed by atoms with Crippen LogP contribution in [0.25, 0.3) is 10.4 Å². The van der Waals surface area contributed by atoms with Crippen LogP contribution in [0.15, 0.2) is 29.4 Å². The number of hydrogen-bond acceptors (Lipinski definition) is 4. The van der Waals surface area contributed by atoms with Gasteiger partial charge in [-0.25, -0.2) is 4.79 Å². The molecule has 6 nitrogen and oxygen atoms in total. The van der Waals surface area contributed by atoms with Crippen molar-refractivity contribution >= 4 is 17.6 Å². The summed E-state index contributed by atoms with van der Waals surface area (Å²) in [5.41, 5.74) is 8.85. The summed E-state index contributed by atoms with van der Waals surface area (Å²) in [7, 11) is 0. The van der Waals surface area contributed by atoms with E-state index in [9.17, 15) is 4.79 Å². The van der Waals surface area contributed by atoms with Gasteiger partial charge in [0.1, 0.15) is 6.04 Å². The van der Waals surface area contributed by atoms with Gasteiger partial charge in [0.05, 0.1) is 6.61 Å². The average molecular weight is 283 g/mol. The first-order valence-electron chi connectivity index (χ1n) is 5.86. The van der Waals surface area contributed by atoms with E-state index in [1.54, 1.807) is 31.2 Å². The highest BCUT2D eigenvalue weighted by Gasteiger charge is 2.23. The lowest BCUT2D eigenvalue weighted by Crippen LogP contribution is -2.32. The molecule has 0 amide bonds. The Morgan fingerprint density at radius 3 is 2.95 bits per heavy atom. The first-order chi connectivity index (χ1) is 9.20. The molecule has 1 atom stereocenters. The fraction of sp³-hybridized carbons (Fsp3) is 0.417. The quantitative estimate of drug-likeness (QED) is 0.274. The average Bonchev–Trinajstić information content (AvgIpc) is 2.40. The predicted octanol–water partition coefficient (Wildman–Crippen LogP) is 2.84. The molecular formula is C12H15ClN4O2. The lowest BCUT2D eigenvalue weighted by Gasteiger charge is -2.18. The van der Waals surface area contributed by atoms with Crippen LogP contribution in [0.1, 0.15) is 18.5 Å². The third-order valence-corrected chi connectivity index (χ3v) is 2.71. The molecule has 0 aliphatic heterocycles. The molecular weight excluding hydrogens is 268 g/mol. The molecule has 1 unspecified atom stereocenters. The molecule has 1 aromatic carbocycles. The summed E-state index contributed by atoms with van der Waals surface area (Å²) in [6, 6.07) is 6.38. The van der Waals surface area contributed by atoms with Crippen LogP contribution >= 0.6 is 11.6 Å². The van der Waals surface area contributed by atoms with Crippen LogP contribution in [0.4, 0.5) is 0 Å². The number of esters is 1. The molecule has 0 fully saturated rings. The first-order valence-corrected chi connectivity index (χ1v) is 6.23. The molecule has 1 aromatic rings. The third-order valence-electron chi connectivity index (χ3n) is 2.36. The van der Waals surface area contributed by atoms with Gasteiger partial charge in [-0.1, -0.05) is 34.9 Å². The van der Waals surface area contributed by atoms with Crippen LogP contribution in [-0.4, -0.2) is 25.7 Å². The molecule has 102 valence electrons. The maximum atomic E-state index is 11.9. The Labute approximate surface area is 116 Å². The van der Waals surface area contributed by atoms with Gasteiger partial charge in [0.15, 0.2) is 0 Å². The molecule has 0 bridgehead atoms. The number of halogens is 1. The van der Waals surface area contributed by atoms with Crippen LogP contribution in [0, 0.1) is 0 Å². The largest absolute Gasteiger partial charge is 0.465 e. The van der Waals surface area contributed by atoms with E-state index in [0.29, 0.717) is 17.1 Å². The zero-order valence-electron chi connectivity index (χ0n) is 10.5. The number of hydrogen-bond donors (Lipinski definition) is 1. The monoisotopic (exact) mass is 282 g/mol. The predicted molar refractivity (Wildman–Crippen MR) is 72.8 cm³/mol. The molecule has 1 N–H and O–H groups in total. The van der Waals surface area contributed by atoms with Crippen LogP contribution in [0.3, 0.4) is 0 Å². The normalized spacial score (nSPS) is 11.5. The number of benzene rings is 1. The van der Waals surface area contributed by atoms with Gasteiger partial charge >= 0.3 is 5.97 Å². The third kappa shape index (κ3) is 4.79. The van der Waals surface area contributed by atoms with E-state index >= 15 is 0 Å². The Morgan fingerprint density at radius 1 is 1.58 bits per heavy atom. The molecule has 0 spiro atoms. The lowest BCUT2D eigenvalue weighted by molar-refractivity contribution is -0.145. The fourth-order valence-corrected chi connectivity index (χ4v) is 1.80. The minimum absolute atomic E-state index is 0.247. The molecule has 1 rings (SSSR count). The number of nitrogens with zero attached hydrogens (tertiary/aromatic N) is 3. The van der Waals surface area contributed by atoms with Crippen molar-refractivity contribution < 1.29 is 9.53 Å². The van der Waals surface area contributed by atoms with E-state index in [4.69, 9.17) is 21.9 Å². The molecule has 0 radical (unpaired) electrons. The molecule has 0 heterocycles. The van der Waals surface area contributed by atoms with Gasteiger partial charge < -0.3 is 10.1 Å². The summed E-state index contributed by atoms with van der Waals surface area (Å²) in [4.78, 5) is 14.6. The minimum atomic E-state index is -0.664. The maximum absolute atomic E-state index is 11.9. The van der Waals surface area contributed by atoms with Crippen molar-refractivity contribution in [3.8, 4) is 0 Å². The van der Waals surface area contributed by atoms with Gasteiger partial charge in [-0.05, 0) is 24.1 Å². The van der Waals surface area contributed by atoms with Crippen molar-refractivity contribution in [3.05, 3.63) is 45.3 Å². The smallest absolute Gasteiger partial charge is 0.327 e. The summed E-state index contributed by atoms with van der Waals surface area (Å²) in [5, 5.41) is 6.85. The fourth-order valence-electron chi connectivity index (χ4n) is 1.56.